The van der Waals surface area contributed by atoms with Crippen molar-refractivity contribution >= 4 is 76.5 Å². The molecule has 0 unspecified atom stereocenters. The fraction of sp³-hybridized carbons (Fsp3) is 0. The smallest absolute Gasteiger partial charge is 0.163 e. The average Bonchev–Trinajstić information content (AvgIpc) is 3.80. The van der Waals surface area contributed by atoms with Crippen molar-refractivity contribution in [1.82, 2.24) is 4.57 Å². The van der Waals surface area contributed by atoms with Crippen LogP contribution in [0.5, 0.6) is 0 Å². The van der Waals surface area contributed by atoms with Crippen LogP contribution in [0.2, 0.25) is 0 Å². The van der Waals surface area contributed by atoms with E-state index in [4.69, 9.17) is 8.83 Å². The van der Waals surface area contributed by atoms with Crippen LogP contribution in [-0.4, -0.2) is 4.57 Å². The highest BCUT2D eigenvalue weighted by molar-refractivity contribution is 6.38. The number of aromatic nitrogens is 1. The quantitative estimate of drug-likeness (QED) is 0.205. The number of hydrogen-bond donors (Lipinski definition) is 0. The lowest BCUT2D eigenvalue weighted by atomic mass is 10.0. The van der Waals surface area contributed by atoms with Crippen LogP contribution in [0.15, 0.2) is 136 Å². The summed E-state index contributed by atoms with van der Waals surface area (Å²) < 4.78 is 15.9. The van der Waals surface area contributed by atoms with E-state index in [1.54, 1.807) is 0 Å². The zero-order chi connectivity index (χ0) is 27.8. The third-order valence-electron chi connectivity index (χ3n) is 9.52. The molecule has 0 radical (unpaired) electrons. The molecule has 0 atom stereocenters. The molecule has 43 heavy (non-hydrogen) atoms. The van der Waals surface area contributed by atoms with Gasteiger partial charge in [0, 0.05) is 32.3 Å². The predicted octanol–water partition coefficient (Wildman–Crippen LogP) is 11.4. The van der Waals surface area contributed by atoms with Crippen LogP contribution >= 0.6 is 0 Å². The van der Waals surface area contributed by atoms with E-state index in [1.165, 1.54) is 38.4 Å². The Balaban J connectivity index is 1.43. The highest BCUT2D eigenvalue weighted by Gasteiger charge is 2.28. The number of nitrogens with zero attached hydrogens (tertiary/aromatic N) is 1. The maximum Gasteiger partial charge on any atom is 0.163 e. The number of benzene rings is 7. The van der Waals surface area contributed by atoms with Crippen LogP contribution < -0.4 is 0 Å². The van der Waals surface area contributed by atoms with Crippen molar-refractivity contribution < 1.29 is 8.83 Å². The second-order valence-electron chi connectivity index (χ2n) is 11.6. The summed E-state index contributed by atoms with van der Waals surface area (Å²) in [4.78, 5) is 0. The van der Waals surface area contributed by atoms with Crippen molar-refractivity contribution in [2.45, 2.75) is 0 Å². The first-order chi connectivity index (χ1) is 21.4. The van der Waals surface area contributed by atoms with Gasteiger partial charge in [-0.05, 0) is 51.9 Å². The van der Waals surface area contributed by atoms with Crippen LogP contribution in [0.25, 0.3) is 104 Å². The molecule has 0 bridgehead atoms. The van der Waals surface area contributed by atoms with E-state index in [-0.39, 0.29) is 0 Å². The van der Waals surface area contributed by atoms with E-state index < -0.39 is 0 Å². The Bertz CT molecular complexity index is 2810. The summed E-state index contributed by atoms with van der Waals surface area (Å²) in [6.07, 6.45) is 0. The molecule has 7 aromatic carbocycles. The summed E-state index contributed by atoms with van der Waals surface area (Å²) in [5, 5.41) is 9.23. The average molecular weight is 548 g/mol. The second-order valence-corrected chi connectivity index (χ2v) is 11.6. The van der Waals surface area contributed by atoms with E-state index in [2.05, 4.69) is 120 Å². The molecule has 198 valence electrons. The Morgan fingerprint density at radius 1 is 0.372 bits per heavy atom. The molecule has 0 fully saturated rings. The SMILES string of the molecule is c1ccc2c(c1)-c1cccc3c(-n4c5ccccc5c5c6c7ccccc7oc6c6c7ccccc7oc6c54)ccc-2c13. The van der Waals surface area contributed by atoms with Gasteiger partial charge in [-0.15, -0.1) is 0 Å². The third-order valence-corrected chi connectivity index (χ3v) is 9.52. The summed E-state index contributed by atoms with van der Waals surface area (Å²) in [5.41, 5.74) is 12.0. The lowest BCUT2D eigenvalue weighted by Gasteiger charge is -2.13. The summed E-state index contributed by atoms with van der Waals surface area (Å²) in [7, 11) is 0. The fourth-order valence-corrected chi connectivity index (χ4v) is 7.85. The van der Waals surface area contributed by atoms with Gasteiger partial charge in [0.25, 0.3) is 0 Å². The van der Waals surface area contributed by atoms with Gasteiger partial charge >= 0.3 is 0 Å². The van der Waals surface area contributed by atoms with Gasteiger partial charge in [0.2, 0.25) is 0 Å². The van der Waals surface area contributed by atoms with Crippen molar-refractivity contribution in [3.63, 3.8) is 0 Å². The number of fused-ring (bicyclic) bond motifs is 15. The third kappa shape index (κ3) is 2.54. The summed E-state index contributed by atoms with van der Waals surface area (Å²) >= 11 is 0. The minimum atomic E-state index is 0.852. The zero-order valence-electron chi connectivity index (χ0n) is 22.9. The van der Waals surface area contributed by atoms with Crippen molar-refractivity contribution in [2.24, 2.45) is 0 Å². The molecule has 0 N–H and O–H groups in total. The Kier molecular flexibility index (Phi) is 3.83. The van der Waals surface area contributed by atoms with Crippen molar-refractivity contribution in [3.8, 4) is 27.9 Å². The second kappa shape index (κ2) is 7.53. The first-order valence-corrected chi connectivity index (χ1v) is 14.7. The molecule has 10 aromatic rings. The van der Waals surface area contributed by atoms with E-state index >= 15 is 0 Å². The van der Waals surface area contributed by atoms with Gasteiger partial charge in [0.1, 0.15) is 16.7 Å². The van der Waals surface area contributed by atoms with Gasteiger partial charge in [-0.3, -0.25) is 0 Å². The Labute approximate surface area is 244 Å². The minimum absolute atomic E-state index is 0.852. The van der Waals surface area contributed by atoms with E-state index in [1.807, 2.05) is 12.1 Å². The summed E-state index contributed by atoms with van der Waals surface area (Å²) in [6.45, 7) is 0. The molecule has 3 heteroatoms. The molecular weight excluding hydrogens is 526 g/mol. The maximum absolute atomic E-state index is 6.80. The topological polar surface area (TPSA) is 31.2 Å². The lowest BCUT2D eigenvalue weighted by molar-refractivity contribution is 0.664. The largest absolute Gasteiger partial charge is 0.455 e. The molecule has 0 saturated heterocycles. The normalized spacial score (nSPS) is 12.7. The standard InChI is InChI=1S/C40H21NO2/c1-2-11-23-22(10-1)24-15-9-16-26-31(21-20-25(23)34(24)26)41-30-17-6-3-12-27(30)35-36-28-13-4-7-18-32(28)42-39(36)37-29-14-5-8-19-33(29)43-40(37)38(35)41/h1-21H. The maximum atomic E-state index is 6.80. The Morgan fingerprint density at radius 2 is 0.953 bits per heavy atom. The molecule has 1 aliphatic rings. The number of para-hydroxylation sites is 3. The molecule has 0 saturated carbocycles. The van der Waals surface area contributed by atoms with Gasteiger partial charge < -0.3 is 13.4 Å². The van der Waals surface area contributed by atoms with Crippen LogP contribution in [0.1, 0.15) is 0 Å². The monoisotopic (exact) mass is 547 g/mol. The number of rotatable bonds is 1. The van der Waals surface area contributed by atoms with Crippen LogP contribution in [0, 0.1) is 0 Å². The molecule has 3 nitrogen and oxygen atoms in total. The van der Waals surface area contributed by atoms with Gasteiger partial charge in [-0.1, -0.05) is 103 Å². The number of hydrogen-bond acceptors (Lipinski definition) is 2. The summed E-state index contributed by atoms with van der Waals surface area (Å²) in [6, 6.07) is 45.5. The van der Waals surface area contributed by atoms with Crippen LogP contribution in [0.4, 0.5) is 0 Å². The van der Waals surface area contributed by atoms with Gasteiger partial charge in [-0.25, -0.2) is 0 Å². The highest BCUT2D eigenvalue weighted by atomic mass is 16.3. The van der Waals surface area contributed by atoms with E-state index in [0.717, 1.165) is 66.0 Å². The molecule has 0 amide bonds. The Morgan fingerprint density at radius 3 is 1.74 bits per heavy atom. The Hall–Kier alpha value is -5.80. The minimum Gasteiger partial charge on any atom is -0.455 e. The molecule has 1 aliphatic carbocycles. The molecule has 0 spiro atoms. The van der Waals surface area contributed by atoms with Crippen molar-refractivity contribution in [3.05, 3.63) is 127 Å². The lowest BCUT2D eigenvalue weighted by Crippen LogP contribution is -1.96. The fourth-order valence-electron chi connectivity index (χ4n) is 7.85. The predicted molar refractivity (Wildman–Crippen MR) is 177 cm³/mol. The first kappa shape index (κ1) is 21.9. The molecule has 0 aliphatic heterocycles. The highest BCUT2D eigenvalue weighted by Crippen LogP contribution is 2.52. The molecule has 11 rings (SSSR count). The van der Waals surface area contributed by atoms with Crippen molar-refractivity contribution in [2.75, 3.05) is 0 Å². The molecule has 3 heterocycles. The summed E-state index contributed by atoms with van der Waals surface area (Å²) in [5.74, 6) is 0. The zero-order valence-corrected chi connectivity index (χ0v) is 22.9. The van der Waals surface area contributed by atoms with Crippen LogP contribution in [0.3, 0.4) is 0 Å². The molecule has 3 aromatic heterocycles. The molecular formula is C40H21NO2. The van der Waals surface area contributed by atoms with E-state index in [9.17, 15) is 0 Å². The van der Waals surface area contributed by atoms with Crippen molar-refractivity contribution in [1.29, 1.82) is 0 Å². The number of furan rings is 2. The first-order valence-electron chi connectivity index (χ1n) is 14.7. The van der Waals surface area contributed by atoms with Gasteiger partial charge in [0.15, 0.2) is 5.58 Å². The van der Waals surface area contributed by atoms with Crippen LogP contribution in [-0.2, 0) is 0 Å². The van der Waals surface area contributed by atoms with Gasteiger partial charge in [-0.2, -0.15) is 0 Å². The van der Waals surface area contributed by atoms with Gasteiger partial charge in [0.05, 0.1) is 22.1 Å². The van der Waals surface area contributed by atoms with E-state index in [0.29, 0.717) is 0 Å².